The Balaban J connectivity index is 1.88. The molecule has 0 aliphatic carbocycles. The summed E-state index contributed by atoms with van der Waals surface area (Å²) >= 11 is 0. The fraction of sp³-hybridized carbons (Fsp3) is 0.714. The van der Waals surface area contributed by atoms with Crippen LogP contribution in [0, 0.1) is 13.8 Å². The summed E-state index contributed by atoms with van der Waals surface area (Å²) in [4.78, 5) is 14.7. The minimum atomic E-state index is -3.04. The Bertz CT molecular complexity index is 646. The van der Waals surface area contributed by atoms with Crippen LogP contribution >= 0.6 is 0 Å². The van der Waals surface area contributed by atoms with E-state index in [1.165, 1.54) is 6.26 Å². The van der Waals surface area contributed by atoms with Gasteiger partial charge in [0.2, 0.25) is 0 Å². The maximum atomic E-state index is 12.8. The van der Waals surface area contributed by atoms with Crippen molar-refractivity contribution in [1.82, 2.24) is 10.1 Å². The summed E-state index contributed by atoms with van der Waals surface area (Å²) in [6, 6.07) is 0.0364. The molecule has 0 saturated carbocycles. The molecule has 0 aromatic carbocycles. The Hall–Kier alpha value is -1.37. The van der Waals surface area contributed by atoms with Crippen molar-refractivity contribution in [2.24, 2.45) is 0 Å². The summed E-state index contributed by atoms with van der Waals surface area (Å²) in [6.45, 7) is 3.49. The van der Waals surface area contributed by atoms with E-state index in [9.17, 15) is 13.2 Å². The van der Waals surface area contributed by atoms with Crippen molar-refractivity contribution in [3.8, 4) is 0 Å². The number of piperidine rings is 1. The van der Waals surface area contributed by atoms with Crippen molar-refractivity contribution < 1.29 is 17.7 Å². The third kappa shape index (κ3) is 2.37. The quantitative estimate of drug-likeness (QED) is 0.826. The molecule has 116 valence electrons. The van der Waals surface area contributed by atoms with Gasteiger partial charge in [0.25, 0.3) is 5.91 Å². The second-order valence-electron chi connectivity index (χ2n) is 6.22. The van der Waals surface area contributed by atoms with Gasteiger partial charge in [0.1, 0.15) is 21.2 Å². The van der Waals surface area contributed by atoms with Crippen LogP contribution in [-0.4, -0.2) is 48.0 Å². The average molecular weight is 312 g/mol. The predicted octanol–water partition coefficient (Wildman–Crippen LogP) is 1.47. The molecule has 1 aromatic rings. The fourth-order valence-corrected chi connectivity index (χ4v) is 4.87. The van der Waals surface area contributed by atoms with Gasteiger partial charge in [-0.05, 0) is 39.5 Å². The first-order valence-corrected chi connectivity index (χ1v) is 9.19. The lowest BCUT2D eigenvalue weighted by Gasteiger charge is -2.38. The van der Waals surface area contributed by atoms with Crippen LogP contribution in [-0.2, 0) is 9.84 Å². The smallest absolute Gasteiger partial charge is 0.259 e. The van der Waals surface area contributed by atoms with Crippen LogP contribution in [0.15, 0.2) is 4.52 Å². The van der Waals surface area contributed by atoms with Crippen molar-refractivity contribution in [2.75, 3.05) is 6.26 Å². The number of hydrogen-bond acceptors (Lipinski definition) is 5. The lowest BCUT2D eigenvalue weighted by atomic mass is 10.0. The first-order valence-electron chi connectivity index (χ1n) is 7.23. The summed E-state index contributed by atoms with van der Waals surface area (Å²) in [5.74, 6) is 0.466. The predicted molar refractivity (Wildman–Crippen MR) is 76.8 cm³/mol. The number of carbonyl (C=O) groups excluding carboxylic acids is 1. The second-order valence-corrected chi connectivity index (χ2v) is 8.55. The van der Waals surface area contributed by atoms with E-state index in [-0.39, 0.29) is 23.2 Å². The Kier molecular flexibility index (Phi) is 3.35. The molecule has 2 aliphatic rings. The fourth-order valence-electron chi connectivity index (χ4n) is 3.73. The molecule has 6 nitrogen and oxygen atoms in total. The van der Waals surface area contributed by atoms with Crippen LogP contribution in [0.5, 0.6) is 0 Å². The van der Waals surface area contributed by atoms with Crippen molar-refractivity contribution in [3.05, 3.63) is 17.0 Å². The number of carbonyl (C=O) groups is 1. The normalized spacial score (nSPS) is 28.9. The van der Waals surface area contributed by atoms with E-state index in [1.807, 2.05) is 4.90 Å². The summed E-state index contributed by atoms with van der Waals surface area (Å²) in [6.07, 6.45) is 4.15. The Morgan fingerprint density at radius 1 is 1.24 bits per heavy atom. The molecule has 3 heterocycles. The standard InChI is InChI=1S/C14H20N2O4S/c1-8-13(9(2)20-15-8)14(17)16-10-4-5-11(16)7-12(6-10)21(3,18)19/h10-12H,4-7H2,1-3H3. The molecular formula is C14H20N2O4S. The lowest BCUT2D eigenvalue weighted by molar-refractivity contribution is 0.0596. The summed E-state index contributed by atoms with van der Waals surface area (Å²) in [7, 11) is -3.04. The van der Waals surface area contributed by atoms with Gasteiger partial charge in [0.05, 0.1) is 10.9 Å². The van der Waals surface area contributed by atoms with E-state index < -0.39 is 9.84 Å². The van der Waals surface area contributed by atoms with Gasteiger partial charge in [-0.15, -0.1) is 0 Å². The zero-order chi connectivity index (χ0) is 15.4. The molecule has 0 spiro atoms. The number of amides is 1. The van der Waals surface area contributed by atoms with Crippen molar-refractivity contribution >= 4 is 15.7 Å². The van der Waals surface area contributed by atoms with Gasteiger partial charge < -0.3 is 9.42 Å². The highest BCUT2D eigenvalue weighted by Gasteiger charge is 2.46. The van der Waals surface area contributed by atoms with Crippen LogP contribution in [0.4, 0.5) is 0 Å². The number of aryl methyl sites for hydroxylation is 2. The van der Waals surface area contributed by atoms with Gasteiger partial charge in [-0.2, -0.15) is 0 Å². The number of sulfone groups is 1. The molecule has 0 N–H and O–H groups in total. The first kappa shape index (κ1) is 14.6. The van der Waals surface area contributed by atoms with Crippen molar-refractivity contribution in [3.63, 3.8) is 0 Å². The van der Waals surface area contributed by atoms with E-state index >= 15 is 0 Å². The van der Waals surface area contributed by atoms with Crippen LogP contribution in [0.25, 0.3) is 0 Å². The van der Waals surface area contributed by atoms with Gasteiger partial charge in [-0.25, -0.2) is 8.42 Å². The molecule has 21 heavy (non-hydrogen) atoms. The highest BCUT2D eigenvalue weighted by Crippen LogP contribution is 2.39. The third-order valence-corrected chi connectivity index (χ3v) is 6.37. The van der Waals surface area contributed by atoms with E-state index in [2.05, 4.69) is 5.16 Å². The molecular weight excluding hydrogens is 292 g/mol. The second kappa shape index (κ2) is 4.83. The first-order chi connectivity index (χ1) is 9.79. The molecule has 1 amide bonds. The van der Waals surface area contributed by atoms with Gasteiger partial charge in [-0.3, -0.25) is 4.79 Å². The molecule has 1 aromatic heterocycles. The zero-order valence-electron chi connectivity index (χ0n) is 12.5. The number of fused-ring (bicyclic) bond motifs is 2. The van der Waals surface area contributed by atoms with Crippen LogP contribution < -0.4 is 0 Å². The molecule has 2 unspecified atom stereocenters. The van der Waals surface area contributed by atoms with Gasteiger partial charge in [0.15, 0.2) is 0 Å². The molecule has 2 fully saturated rings. The highest BCUT2D eigenvalue weighted by molar-refractivity contribution is 7.91. The molecule has 7 heteroatoms. The maximum absolute atomic E-state index is 12.8. The molecule has 2 atom stereocenters. The van der Waals surface area contributed by atoms with Crippen molar-refractivity contribution in [1.29, 1.82) is 0 Å². The largest absolute Gasteiger partial charge is 0.361 e. The minimum absolute atomic E-state index is 0.0182. The Morgan fingerprint density at radius 3 is 2.24 bits per heavy atom. The van der Waals surface area contributed by atoms with Gasteiger partial charge >= 0.3 is 0 Å². The minimum Gasteiger partial charge on any atom is -0.361 e. The number of hydrogen-bond donors (Lipinski definition) is 0. The molecule has 2 bridgehead atoms. The van der Waals surface area contributed by atoms with Crippen LogP contribution in [0.3, 0.4) is 0 Å². The molecule has 3 rings (SSSR count). The Labute approximate surface area is 124 Å². The van der Waals surface area contributed by atoms with Gasteiger partial charge in [0, 0.05) is 18.3 Å². The SMILES string of the molecule is Cc1noc(C)c1C(=O)N1C2CCC1CC(S(C)(=O)=O)C2. The number of aromatic nitrogens is 1. The topological polar surface area (TPSA) is 80.5 Å². The van der Waals surface area contributed by atoms with E-state index in [1.54, 1.807) is 13.8 Å². The van der Waals surface area contributed by atoms with Crippen LogP contribution in [0.2, 0.25) is 0 Å². The maximum Gasteiger partial charge on any atom is 0.259 e. The summed E-state index contributed by atoms with van der Waals surface area (Å²) in [5.41, 5.74) is 1.13. The lowest BCUT2D eigenvalue weighted by Crippen LogP contribution is -2.49. The zero-order valence-corrected chi connectivity index (χ0v) is 13.3. The number of nitrogens with zero attached hydrogens (tertiary/aromatic N) is 2. The Morgan fingerprint density at radius 2 is 1.81 bits per heavy atom. The van der Waals surface area contributed by atoms with E-state index in [0.717, 1.165) is 12.8 Å². The summed E-state index contributed by atoms with van der Waals surface area (Å²) < 4.78 is 28.7. The van der Waals surface area contributed by atoms with Gasteiger partial charge in [-0.1, -0.05) is 5.16 Å². The van der Waals surface area contributed by atoms with E-state index in [0.29, 0.717) is 29.9 Å². The monoisotopic (exact) mass is 312 g/mol. The third-order valence-electron chi connectivity index (χ3n) is 4.78. The van der Waals surface area contributed by atoms with Crippen LogP contribution in [0.1, 0.15) is 47.5 Å². The van der Waals surface area contributed by atoms with Crippen molar-refractivity contribution in [2.45, 2.75) is 56.9 Å². The summed E-state index contributed by atoms with van der Waals surface area (Å²) in [5, 5.41) is 3.52. The highest BCUT2D eigenvalue weighted by atomic mass is 32.2. The number of rotatable bonds is 2. The molecule has 0 radical (unpaired) electrons. The molecule has 2 aliphatic heterocycles. The molecule has 2 saturated heterocycles. The average Bonchev–Trinajstić information content (AvgIpc) is 2.85. The van der Waals surface area contributed by atoms with E-state index in [4.69, 9.17) is 4.52 Å².